The normalized spacial score (nSPS) is 12.4. The lowest BCUT2D eigenvalue weighted by molar-refractivity contribution is -0.00754. The number of carbonyl (C=O) groups is 1. The van der Waals surface area contributed by atoms with E-state index in [9.17, 15) is 23.5 Å². The van der Waals surface area contributed by atoms with E-state index in [2.05, 4.69) is 20.4 Å². The highest BCUT2D eigenvalue weighted by Crippen LogP contribution is 2.24. The summed E-state index contributed by atoms with van der Waals surface area (Å²) in [5.41, 5.74) is 2.33. The zero-order valence-corrected chi connectivity index (χ0v) is 16.2. The van der Waals surface area contributed by atoms with E-state index in [0.29, 0.717) is 22.6 Å². The van der Waals surface area contributed by atoms with Gasteiger partial charge in [-0.05, 0) is 18.6 Å². The van der Waals surface area contributed by atoms with Crippen LogP contribution in [0, 0.1) is 6.92 Å². The number of halogens is 2. The summed E-state index contributed by atoms with van der Waals surface area (Å²) in [7, 11) is 0. The monoisotopic (exact) mass is 429 g/mol. The van der Waals surface area contributed by atoms with Gasteiger partial charge in [0.15, 0.2) is 5.43 Å². The molecule has 0 spiro atoms. The number of alkyl halides is 2. The quantitative estimate of drug-likeness (QED) is 0.432. The van der Waals surface area contributed by atoms with E-state index < -0.39 is 24.9 Å². The SMILES string of the molecule is Cc1ccc(-c2noc(C[C@H](O)C(F)F)n2)cc1NC(=O)c1c[nH]c2cc(=O)ccn12. The van der Waals surface area contributed by atoms with E-state index in [-0.39, 0.29) is 17.1 Å². The Bertz CT molecular complexity index is 1310. The molecule has 0 bridgehead atoms. The molecule has 0 aliphatic rings. The number of amides is 1. The van der Waals surface area contributed by atoms with Gasteiger partial charge in [-0.15, -0.1) is 0 Å². The molecule has 0 aliphatic carbocycles. The van der Waals surface area contributed by atoms with E-state index >= 15 is 0 Å². The van der Waals surface area contributed by atoms with Crippen LogP contribution < -0.4 is 10.7 Å². The molecule has 160 valence electrons. The van der Waals surface area contributed by atoms with Gasteiger partial charge in [0.2, 0.25) is 11.7 Å². The third kappa shape index (κ3) is 4.21. The van der Waals surface area contributed by atoms with Crippen molar-refractivity contribution in [2.24, 2.45) is 0 Å². The highest BCUT2D eigenvalue weighted by atomic mass is 19.3. The standard InChI is InChI=1S/C20H17F2N5O4/c1-10-2-3-11(19-25-17(31-26-19)8-15(29)18(21)22)6-13(10)24-20(30)14-9-23-16-7-12(28)4-5-27(14)16/h2-7,9,15,18,23,29H,8H2,1H3,(H,24,30)/t15-/m0/s1. The van der Waals surface area contributed by atoms with Crippen LogP contribution in [0.5, 0.6) is 0 Å². The van der Waals surface area contributed by atoms with Gasteiger partial charge in [-0.1, -0.05) is 17.3 Å². The minimum Gasteiger partial charge on any atom is -0.387 e. The average molecular weight is 429 g/mol. The molecule has 0 aliphatic heterocycles. The molecular weight excluding hydrogens is 412 g/mol. The zero-order chi connectivity index (χ0) is 22.1. The maximum absolute atomic E-state index is 12.8. The van der Waals surface area contributed by atoms with Crippen LogP contribution in [-0.4, -0.2) is 43.1 Å². The summed E-state index contributed by atoms with van der Waals surface area (Å²) in [5.74, 6) is -0.401. The van der Waals surface area contributed by atoms with Crippen molar-refractivity contribution in [2.75, 3.05) is 5.32 Å². The number of anilines is 1. The van der Waals surface area contributed by atoms with Gasteiger partial charge >= 0.3 is 0 Å². The van der Waals surface area contributed by atoms with Gasteiger partial charge in [-0.2, -0.15) is 4.98 Å². The minimum absolute atomic E-state index is 0.123. The Morgan fingerprint density at radius 1 is 1.32 bits per heavy atom. The highest BCUT2D eigenvalue weighted by molar-refractivity contribution is 6.04. The molecule has 1 amide bonds. The predicted molar refractivity (Wildman–Crippen MR) is 106 cm³/mol. The number of carbonyl (C=O) groups excluding carboxylic acids is 1. The van der Waals surface area contributed by atoms with Gasteiger partial charge in [0.25, 0.3) is 12.3 Å². The number of rotatable bonds is 6. The van der Waals surface area contributed by atoms with Crippen LogP contribution in [-0.2, 0) is 6.42 Å². The molecule has 1 aromatic carbocycles. The van der Waals surface area contributed by atoms with E-state index in [1.54, 1.807) is 29.5 Å². The minimum atomic E-state index is -2.92. The van der Waals surface area contributed by atoms with Gasteiger partial charge in [0.05, 0.1) is 6.42 Å². The Hall–Kier alpha value is -3.86. The number of fused-ring (bicyclic) bond motifs is 1. The van der Waals surface area contributed by atoms with Crippen LogP contribution in [0.25, 0.3) is 17.0 Å². The summed E-state index contributed by atoms with van der Waals surface area (Å²) < 4.78 is 31.5. The molecule has 4 rings (SSSR count). The molecule has 9 nitrogen and oxygen atoms in total. The van der Waals surface area contributed by atoms with Gasteiger partial charge in [0, 0.05) is 35.8 Å². The van der Waals surface area contributed by atoms with E-state index in [1.165, 1.54) is 24.5 Å². The molecule has 31 heavy (non-hydrogen) atoms. The van der Waals surface area contributed by atoms with Gasteiger partial charge in [-0.3, -0.25) is 14.0 Å². The molecule has 4 aromatic rings. The molecule has 0 saturated heterocycles. The molecule has 0 fully saturated rings. The second-order valence-electron chi connectivity index (χ2n) is 6.89. The summed E-state index contributed by atoms with van der Waals surface area (Å²) >= 11 is 0. The fraction of sp³-hybridized carbons (Fsp3) is 0.200. The smallest absolute Gasteiger partial charge is 0.274 e. The summed E-state index contributed by atoms with van der Waals surface area (Å²) in [4.78, 5) is 31.1. The van der Waals surface area contributed by atoms with Crippen LogP contribution in [0.2, 0.25) is 0 Å². The Morgan fingerprint density at radius 2 is 2.13 bits per heavy atom. The molecule has 11 heteroatoms. The Labute approximate surface area is 173 Å². The van der Waals surface area contributed by atoms with Crippen molar-refractivity contribution in [1.29, 1.82) is 0 Å². The van der Waals surface area contributed by atoms with Crippen LogP contribution in [0.3, 0.4) is 0 Å². The van der Waals surface area contributed by atoms with Crippen molar-refractivity contribution in [1.82, 2.24) is 19.5 Å². The number of aliphatic hydroxyl groups is 1. The van der Waals surface area contributed by atoms with Crippen molar-refractivity contribution < 1.29 is 23.2 Å². The number of pyridine rings is 1. The second-order valence-corrected chi connectivity index (χ2v) is 6.89. The lowest BCUT2D eigenvalue weighted by Crippen LogP contribution is -2.20. The molecular formula is C20H17F2N5O4. The van der Waals surface area contributed by atoms with Gasteiger partial charge in [-0.25, -0.2) is 8.78 Å². The third-order valence-electron chi connectivity index (χ3n) is 4.66. The molecule has 0 radical (unpaired) electrons. The molecule has 3 aromatic heterocycles. The molecule has 1 atom stereocenters. The molecule has 3 heterocycles. The largest absolute Gasteiger partial charge is 0.387 e. The summed E-state index contributed by atoms with van der Waals surface area (Å²) in [6.45, 7) is 1.80. The number of nitrogens with zero attached hydrogens (tertiary/aromatic N) is 3. The number of hydrogen-bond acceptors (Lipinski definition) is 6. The summed E-state index contributed by atoms with van der Waals surface area (Å²) in [5, 5.41) is 15.8. The fourth-order valence-electron chi connectivity index (χ4n) is 2.99. The summed E-state index contributed by atoms with van der Waals surface area (Å²) in [6.07, 6.45) is -2.29. The first kappa shape index (κ1) is 20.4. The third-order valence-corrected chi connectivity index (χ3v) is 4.66. The van der Waals surface area contributed by atoms with Gasteiger partial charge in [0.1, 0.15) is 17.4 Å². The lowest BCUT2D eigenvalue weighted by atomic mass is 10.1. The van der Waals surface area contributed by atoms with Crippen molar-refractivity contribution in [3.8, 4) is 11.4 Å². The number of aliphatic hydroxyl groups excluding tert-OH is 1. The van der Waals surface area contributed by atoms with Crippen molar-refractivity contribution in [2.45, 2.75) is 25.9 Å². The highest BCUT2D eigenvalue weighted by Gasteiger charge is 2.21. The number of nitrogens with one attached hydrogen (secondary N) is 2. The first-order chi connectivity index (χ1) is 14.8. The van der Waals surface area contributed by atoms with Crippen LogP contribution >= 0.6 is 0 Å². The molecule has 3 N–H and O–H groups in total. The summed E-state index contributed by atoms with van der Waals surface area (Å²) in [6, 6.07) is 7.78. The van der Waals surface area contributed by atoms with Crippen molar-refractivity contribution in [3.05, 3.63) is 70.1 Å². The number of imidazole rings is 1. The van der Waals surface area contributed by atoms with E-state index in [1.807, 2.05) is 0 Å². The zero-order valence-electron chi connectivity index (χ0n) is 16.2. The van der Waals surface area contributed by atoms with E-state index in [0.717, 1.165) is 5.56 Å². The molecule has 0 unspecified atom stereocenters. The van der Waals surface area contributed by atoms with E-state index in [4.69, 9.17) is 4.52 Å². The first-order valence-corrected chi connectivity index (χ1v) is 9.23. The van der Waals surface area contributed by atoms with Crippen molar-refractivity contribution >= 4 is 17.2 Å². The predicted octanol–water partition coefficient (Wildman–Crippen LogP) is 2.41. The Kier molecular flexibility index (Phi) is 5.34. The topological polar surface area (TPSA) is 126 Å². The van der Waals surface area contributed by atoms with Crippen molar-refractivity contribution in [3.63, 3.8) is 0 Å². The maximum Gasteiger partial charge on any atom is 0.274 e. The molecule has 0 saturated carbocycles. The average Bonchev–Trinajstić information content (AvgIpc) is 3.36. The number of aromatic amines is 1. The number of H-pyrrole nitrogens is 1. The fourth-order valence-corrected chi connectivity index (χ4v) is 2.99. The number of aromatic nitrogens is 4. The lowest BCUT2D eigenvalue weighted by Gasteiger charge is -2.09. The van der Waals surface area contributed by atoms with Crippen LogP contribution in [0.15, 0.2) is 52.0 Å². The number of benzene rings is 1. The number of hydrogen-bond donors (Lipinski definition) is 3. The van der Waals surface area contributed by atoms with Crippen LogP contribution in [0.4, 0.5) is 14.5 Å². The maximum atomic E-state index is 12.8. The van der Waals surface area contributed by atoms with Crippen LogP contribution in [0.1, 0.15) is 21.9 Å². The number of aryl methyl sites for hydroxylation is 1. The Balaban J connectivity index is 1.57. The van der Waals surface area contributed by atoms with Gasteiger partial charge < -0.3 is 19.9 Å². The first-order valence-electron chi connectivity index (χ1n) is 9.23. The Morgan fingerprint density at radius 3 is 2.90 bits per heavy atom. The second kappa shape index (κ2) is 8.11.